The van der Waals surface area contributed by atoms with Crippen LogP contribution in [0.25, 0.3) is 0 Å². The molecule has 0 saturated carbocycles. The number of piperidine rings is 1. The molecular weight excluding hydrogens is 250 g/mol. The monoisotopic (exact) mass is 277 g/mol. The highest BCUT2D eigenvalue weighted by Crippen LogP contribution is 2.26. The molecule has 20 heavy (non-hydrogen) atoms. The van der Waals surface area contributed by atoms with Gasteiger partial charge in [-0.2, -0.15) is 0 Å². The van der Waals surface area contributed by atoms with Crippen molar-refractivity contribution in [2.45, 2.75) is 39.7 Å². The summed E-state index contributed by atoms with van der Waals surface area (Å²) in [5.41, 5.74) is 2.50. The minimum Gasteiger partial charge on any atom is -0.396 e. The summed E-state index contributed by atoms with van der Waals surface area (Å²) in [6.45, 7) is 8.54. The Morgan fingerprint density at radius 1 is 1.50 bits per heavy atom. The third kappa shape index (κ3) is 3.93. The molecule has 1 aromatic heterocycles. The number of hydrogen-bond donors (Lipinski definition) is 2. The fourth-order valence-electron chi connectivity index (χ4n) is 3.00. The first-order valence-corrected chi connectivity index (χ1v) is 7.76. The highest BCUT2D eigenvalue weighted by atomic mass is 16.3. The van der Waals surface area contributed by atoms with Crippen molar-refractivity contribution in [3.05, 3.63) is 23.4 Å². The van der Waals surface area contributed by atoms with Crippen molar-refractivity contribution in [2.24, 2.45) is 5.92 Å². The van der Waals surface area contributed by atoms with E-state index in [-0.39, 0.29) is 0 Å². The predicted octanol–water partition coefficient (Wildman–Crippen LogP) is 2.10. The lowest BCUT2D eigenvalue weighted by molar-refractivity contribution is 0.244. The molecule has 2 heterocycles. The summed E-state index contributed by atoms with van der Waals surface area (Å²) in [5, 5.41) is 12.4. The van der Waals surface area contributed by atoms with Crippen LogP contribution in [0.3, 0.4) is 0 Å². The number of aliphatic hydroxyl groups excluding tert-OH is 1. The number of anilines is 1. The van der Waals surface area contributed by atoms with Gasteiger partial charge in [0.2, 0.25) is 0 Å². The maximum Gasteiger partial charge on any atom is 0.131 e. The van der Waals surface area contributed by atoms with E-state index in [2.05, 4.69) is 35.1 Å². The molecule has 4 heteroatoms. The lowest BCUT2D eigenvalue weighted by Crippen LogP contribution is -2.36. The van der Waals surface area contributed by atoms with Gasteiger partial charge in [0.05, 0.1) is 0 Å². The summed E-state index contributed by atoms with van der Waals surface area (Å²) < 4.78 is 0. The largest absolute Gasteiger partial charge is 0.396 e. The number of hydrogen-bond acceptors (Lipinski definition) is 4. The third-order valence-electron chi connectivity index (χ3n) is 4.04. The molecule has 0 bridgehead atoms. The van der Waals surface area contributed by atoms with Crippen LogP contribution in [0.5, 0.6) is 0 Å². The molecule has 0 radical (unpaired) electrons. The Balaban J connectivity index is 2.04. The van der Waals surface area contributed by atoms with Crippen molar-refractivity contribution in [3.8, 4) is 0 Å². The lowest BCUT2D eigenvalue weighted by Gasteiger charge is -2.34. The fraction of sp³-hybridized carbons (Fsp3) is 0.688. The highest BCUT2D eigenvalue weighted by molar-refractivity contribution is 5.47. The second-order valence-electron chi connectivity index (χ2n) is 5.73. The first-order chi connectivity index (χ1) is 9.74. The summed E-state index contributed by atoms with van der Waals surface area (Å²) in [4.78, 5) is 7.06. The molecule has 1 atom stereocenters. The summed E-state index contributed by atoms with van der Waals surface area (Å²) >= 11 is 0. The maximum absolute atomic E-state index is 9.11. The molecule has 0 aliphatic carbocycles. The van der Waals surface area contributed by atoms with Crippen LogP contribution >= 0.6 is 0 Å². The topological polar surface area (TPSA) is 48.4 Å². The molecule has 0 aromatic carbocycles. The van der Waals surface area contributed by atoms with Crippen LogP contribution in [-0.4, -0.2) is 36.3 Å². The summed E-state index contributed by atoms with van der Waals surface area (Å²) in [6.07, 6.45) is 5.33. The Labute approximate surface area is 122 Å². The van der Waals surface area contributed by atoms with E-state index in [1.165, 1.54) is 24.0 Å². The number of nitrogens with zero attached hydrogens (tertiary/aromatic N) is 2. The Kier molecular flexibility index (Phi) is 5.80. The molecule has 1 aromatic rings. The van der Waals surface area contributed by atoms with Gasteiger partial charge in [0.15, 0.2) is 0 Å². The average molecular weight is 277 g/mol. The lowest BCUT2D eigenvalue weighted by atomic mass is 9.95. The number of pyridine rings is 1. The standard InChI is InChI=1S/C16H27N3O/c1-3-17-10-15-9-13(2)16(18-11-15)19-7-4-5-14(12-19)6-8-20/h9,11,14,17,20H,3-8,10,12H2,1-2H3. The van der Waals surface area contributed by atoms with Crippen molar-refractivity contribution in [3.63, 3.8) is 0 Å². The van der Waals surface area contributed by atoms with Crippen LogP contribution < -0.4 is 10.2 Å². The molecule has 0 spiro atoms. The Hall–Kier alpha value is -1.13. The van der Waals surface area contributed by atoms with E-state index in [0.717, 1.165) is 38.4 Å². The second-order valence-corrected chi connectivity index (χ2v) is 5.73. The van der Waals surface area contributed by atoms with Gasteiger partial charge in [0, 0.05) is 32.4 Å². The molecule has 1 fully saturated rings. The van der Waals surface area contributed by atoms with Crippen LogP contribution in [0.4, 0.5) is 5.82 Å². The number of aromatic nitrogens is 1. The van der Waals surface area contributed by atoms with Gasteiger partial charge in [0.1, 0.15) is 5.82 Å². The normalized spacial score (nSPS) is 19.4. The summed E-state index contributed by atoms with van der Waals surface area (Å²) in [7, 11) is 0. The third-order valence-corrected chi connectivity index (χ3v) is 4.04. The zero-order valence-electron chi connectivity index (χ0n) is 12.7. The van der Waals surface area contributed by atoms with Crippen molar-refractivity contribution < 1.29 is 5.11 Å². The van der Waals surface area contributed by atoms with E-state index in [4.69, 9.17) is 5.11 Å². The van der Waals surface area contributed by atoms with Crippen LogP contribution in [0.2, 0.25) is 0 Å². The molecular formula is C16H27N3O. The maximum atomic E-state index is 9.11. The van der Waals surface area contributed by atoms with Crippen LogP contribution in [0.15, 0.2) is 12.3 Å². The second kappa shape index (κ2) is 7.60. The van der Waals surface area contributed by atoms with Gasteiger partial charge in [-0.05, 0) is 55.8 Å². The Morgan fingerprint density at radius 2 is 2.35 bits per heavy atom. The fourth-order valence-corrected chi connectivity index (χ4v) is 3.00. The first-order valence-electron chi connectivity index (χ1n) is 7.76. The first kappa shape index (κ1) is 15.3. The van der Waals surface area contributed by atoms with E-state index in [0.29, 0.717) is 12.5 Å². The van der Waals surface area contributed by atoms with Crippen LogP contribution in [0.1, 0.15) is 37.3 Å². The quantitative estimate of drug-likeness (QED) is 0.836. The summed E-state index contributed by atoms with van der Waals surface area (Å²) in [6, 6.07) is 2.24. The smallest absolute Gasteiger partial charge is 0.131 e. The van der Waals surface area contributed by atoms with Gasteiger partial charge in [-0.3, -0.25) is 0 Å². The van der Waals surface area contributed by atoms with Gasteiger partial charge < -0.3 is 15.3 Å². The van der Waals surface area contributed by atoms with Gasteiger partial charge in [-0.1, -0.05) is 6.92 Å². The molecule has 2 N–H and O–H groups in total. The number of aryl methyl sites for hydroxylation is 1. The van der Waals surface area contributed by atoms with Crippen LogP contribution in [0, 0.1) is 12.8 Å². The van der Waals surface area contributed by atoms with Gasteiger partial charge in [-0.25, -0.2) is 4.98 Å². The zero-order chi connectivity index (χ0) is 14.4. The average Bonchev–Trinajstić information content (AvgIpc) is 2.46. The minimum atomic E-state index is 0.298. The molecule has 2 rings (SSSR count). The molecule has 1 unspecified atom stereocenters. The molecule has 1 aliphatic rings. The van der Waals surface area contributed by atoms with E-state index in [1.807, 2.05) is 6.20 Å². The van der Waals surface area contributed by atoms with Crippen molar-refractivity contribution in [1.82, 2.24) is 10.3 Å². The van der Waals surface area contributed by atoms with Gasteiger partial charge in [-0.15, -0.1) is 0 Å². The molecule has 1 aliphatic heterocycles. The Morgan fingerprint density at radius 3 is 3.05 bits per heavy atom. The van der Waals surface area contributed by atoms with E-state index in [9.17, 15) is 0 Å². The Bertz CT molecular complexity index is 420. The van der Waals surface area contributed by atoms with E-state index >= 15 is 0 Å². The molecule has 1 saturated heterocycles. The minimum absolute atomic E-state index is 0.298. The predicted molar refractivity (Wildman–Crippen MR) is 83.0 cm³/mol. The van der Waals surface area contributed by atoms with E-state index in [1.54, 1.807) is 0 Å². The van der Waals surface area contributed by atoms with Crippen molar-refractivity contribution in [2.75, 3.05) is 31.1 Å². The highest BCUT2D eigenvalue weighted by Gasteiger charge is 2.21. The molecule has 0 amide bonds. The van der Waals surface area contributed by atoms with Crippen molar-refractivity contribution >= 4 is 5.82 Å². The number of aliphatic hydroxyl groups is 1. The molecule has 4 nitrogen and oxygen atoms in total. The number of nitrogens with one attached hydrogen (secondary N) is 1. The molecule has 112 valence electrons. The zero-order valence-corrected chi connectivity index (χ0v) is 12.7. The van der Waals surface area contributed by atoms with Gasteiger partial charge >= 0.3 is 0 Å². The SMILES string of the molecule is CCNCc1cnc(N2CCCC(CCO)C2)c(C)c1. The van der Waals surface area contributed by atoms with Crippen LogP contribution in [-0.2, 0) is 6.54 Å². The van der Waals surface area contributed by atoms with Gasteiger partial charge in [0.25, 0.3) is 0 Å². The van der Waals surface area contributed by atoms with E-state index < -0.39 is 0 Å². The number of rotatable bonds is 6. The van der Waals surface area contributed by atoms with Crippen molar-refractivity contribution in [1.29, 1.82) is 0 Å². The summed E-state index contributed by atoms with van der Waals surface area (Å²) in [5.74, 6) is 1.73.